The molecule has 0 atom stereocenters. The second-order valence-corrected chi connectivity index (χ2v) is 11.3. The van der Waals surface area contributed by atoms with Crippen LogP contribution in [-0.4, -0.2) is 39.6 Å². The Kier molecular flexibility index (Phi) is 8.56. The first-order valence-electron chi connectivity index (χ1n) is 12.8. The van der Waals surface area contributed by atoms with Crippen LogP contribution < -0.4 is 5.32 Å². The van der Waals surface area contributed by atoms with E-state index < -0.39 is 0 Å². The molecule has 0 bridgehead atoms. The molecule has 2 amide bonds. The zero-order valence-corrected chi connectivity index (χ0v) is 21.9. The lowest BCUT2D eigenvalue weighted by Crippen LogP contribution is -2.40. The number of rotatable bonds is 9. The predicted octanol–water partition coefficient (Wildman–Crippen LogP) is 5.87. The van der Waals surface area contributed by atoms with E-state index in [1.165, 1.54) is 25.7 Å². The Morgan fingerprint density at radius 2 is 1.79 bits per heavy atom. The van der Waals surface area contributed by atoms with Gasteiger partial charge in [0.25, 0.3) is 0 Å². The summed E-state index contributed by atoms with van der Waals surface area (Å²) in [5, 5.41) is 7.83. The first kappa shape index (κ1) is 26.0. The minimum Gasteiger partial charge on any atom is -0.333 e. The molecule has 1 aliphatic rings. The van der Waals surface area contributed by atoms with Gasteiger partial charge in [-0.05, 0) is 37.3 Å². The van der Waals surface area contributed by atoms with Gasteiger partial charge in [0.2, 0.25) is 11.8 Å². The van der Waals surface area contributed by atoms with Crippen LogP contribution in [0, 0.1) is 18.8 Å². The summed E-state index contributed by atoms with van der Waals surface area (Å²) in [6.07, 6.45) is 6.49. The summed E-state index contributed by atoms with van der Waals surface area (Å²) in [7, 11) is 0. The summed E-state index contributed by atoms with van der Waals surface area (Å²) in [4.78, 5) is 27.9. The maximum Gasteiger partial charge on any atom is 0.245 e. The molecule has 1 fully saturated rings. The van der Waals surface area contributed by atoms with Gasteiger partial charge in [-0.1, -0.05) is 78.0 Å². The van der Waals surface area contributed by atoms with Crippen molar-refractivity contribution in [3.8, 4) is 5.69 Å². The molecule has 2 aromatic rings. The lowest BCUT2D eigenvalue weighted by molar-refractivity contribution is -0.135. The van der Waals surface area contributed by atoms with Gasteiger partial charge >= 0.3 is 0 Å². The smallest absolute Gasteiger partial charge is 0.245 e. The lowest BCUT2D eigenvalue weighted by Gasteiger charge is -2.25. The molecular weight excluding hydrogens is 424 g/mol. The Balaban J connectivity index is 1.74. The SMILES string of the molecule is Cc1ccc(-n2nc(C(C)(C)C)cc2NC(=O)CN(CC(C)C)C(=O)CCC2CCCC2)cc1. The van der Waals surface area contributed by atoms with Crippen molar-refractivity contribution in [3.05, 3.63) is 41.6 Å². The second kappa shape index (κ2) is 11.2. The Morgan fingerprint density at radius 3 is 2.38 bits per heavy atom. The number of aryl methyl sites for hydroxylation is 1. The van der Waals surface area contributed by atoms with Crippen molar-refractivity contribution in [2.24, 2.45) is 11.8 Å². The average Bonchev–Trinajstić information content (AvgIpc) is 3.41. The minimum atomic E-state index is -0.191. The Morgan fingerprint density at radius 1 is 1.15 bits per heavy atom. The minimum absolute atomic E-state index is 0.0611. The number of anilines is 1. The molecule has 0 unspecified atom stereocenters. The summed E-state index contributed by atoms with van der Waals surface area (Å²) < 4.78 is 1.78. The van der Waals surface area contributed by atoms with Crippen molar-refractivity contribution in [2.45, 2.75) is 85.5 Å². The summed E-state index contributed by atoms with van der Waals surface area (Å²) in [5.74, 6) is 1.48. The molecular formula is C28H42N4O2. The summed E-state index contributed by atoms with van der Waals surface area (Å²) in [6, 6.07) is 10.0. The van der Waals surface area contributed by atoms with Gasteiger partial charge in [0.15, 0.2) is 0 Å². The van der Waals surface area contributed by atoms with Crippen molar-refractivity contribution in [1.29, 1.82) is 0 Å². The standard InChI is InChI=1S/C28H42N4O2/c1-20(2)18-31(27(34)16-13-22-9-7-8-10-22)19-26(33)29-25-17-24(28(4,5)6)30-32(25)23-14-11-21(3)12-15-23/h11-12,14-15,17,20,22H,7-10,13,16,18-19H2,1-6H3,(H,29,33). The molecule has 0 radical (unpaired) electrons. The zero-order chi connectivity index (χ0) is 24.9. The molecule has 1 saturated carbocycles. The third kappa shape index (κ3) is 7.18. The van der Waals surface area contributed by atoms with Crippen molar-refractivity contribution in [1.82, 2.24) is 14.7 Å². The molecule has 1 N–H and O–H groups in total. The zero-order valence-electron chi connectivity index (χ0n) is 21.9. The van der Waals surface area contributed by atoms with E-state index in [1.807, 2.05) is 37.3 Å². The number of nitrogens with one attached hydrogen (secondary N) is 1. The highest BCUT2D eigenvalue weighted by Gasteiger charge is 2.24. The van der Waals surface area contributed by atoms with Gasteiger partial charge in [-0.15, -0.1) is 0 Å². The number of hydrogen-bond acceptors (Lipinski definition) is 3. The largest absolute Gasteiger partial charge is 0.333 e. The molecule has 0 spiro atoms. The van der Waals surface area contributed by atoms with Gasteiger partial charge in [-0.3, -0.25) is 9.59 Å². The van der Waals surface area contributed by atoms with Gasteiger partial charge in [0.1, 0.15) is 5.82 Å². The number of benzene rings is 1. The molecule has 0 aliphatic heterocycles. The quantitative estimate of drug-likeness (QED) is 0.502. The summed E-state index contributed by atoms with van der Waals surface area (Å²) >= 11 is 0. The molecule has 1 aliphatic carbocycles. The van der Waals surface area contributed by atoms with Crippen molar-refractivity contribution >= 4 is 17.6 Å². The molecule has 3 rings (SSSR count). The van der Waals surface area contributed by atoms with Crippen LogP contribution in [0.5, 0.6) is 0 Å². The van der Waals surface area contributed by atoms with Crippen LogP contribution in [0.1, 0.15) is 84.4 Å². The Labute approximate surface area is 205 Å². The normalized spacial score (nSPS) is 14.6. The Bertz CT molecular complexity index is 963. The fraction of sp³-hybridized carbons (Fsp3) is 0.607. The maximum absolute atomic E-state index is 13.1. The number of aromatic nitrogens is 2. The van der Waals surface area contributed by atoms with E-state index in [0.717, 1.165) is 23.4 Å². The topological polar surface area (TPSA) is 67.2 Å². The summed E-state index contributed by atoms with van der Waals surface area (Å²) in [5.41, 5.74) is 2.80. The number of carbonyl (C=O) groups excluding carboxylic acids is 2. The van der Waals surface area contributed by atoms with Crippen LogP contribution >= 0.6 is 0 Å². The van der Waals surface area contributed by atoms with Gasteiger partial charge in [-0.25, -0.2) is 4.68 Å². The van der Waals surface area contributed by atoms with E-state index >= 15 is 0 Å². The van der Waals surface area contributed by atoms with E-state index in [-0.39, 0.29) is 23.8 Å². The maximum atomic E-state index is 13.1. The van der Waals surface area contributed by atoms with Gasteiger partial charge in [0.05, 0.1) is 17.9 Å². The van der Waals surface area contributed by atoms with Crippen LogP contribution in [0.15, 0.2) is 30.3 Å². The van der Waals surface area contributed by atoms with Crippen molar-refractivity contribution in [3.63, 3.8) is 0 Å². The van der Waals surface area contributed by atoms with E-state index in [9.17, 15) is 9.59 Å². The average molecular weight is 467 g/mol. The highest BCUT2D eigenvalue weighted by Crippen LogP contribution is 2.29. The van der Waals surface area contributed by atoms with Crippen molar-refractivity contribution in [2.75, 3.05) is 18.4 Å². The third-order valence-corrected chi connectivity index (χ3v) is 6.54. The molecule has 1 aromatic carbocycles. The fourth-order valence-electron chi connectivity index (χ4n) is 4.56. The predicted molar refractivity (Wildman–Crippen MR) is 138 cm³/mol. The molecule has 1 heterocycles. The van der Waals surface area contributed by atoms with Gasteiger partial charge < -0.3 is 10.2 Å². The number of nitrogens with zero attached hydrogens (tertiary/aromatic N) is 3. The monoisotopic (exact) mass is 466 g/mol. The number of carbonyl (C=O) groups is 2. The first-order valence-corrected chi connectivity index (χ1v) is 12.8. The van der Waals surface area contributed by atoms with Gasteiger partial charge in [0, 0.05) is 24.4 Å². The number of hydrogen-bond donors (Lipinski definition) is 1. The molecule has 1 aromatic heterocycles. The third-order valence-electron chi connectivity index (χ3n) is 6.54. The van der Waals surface area contributed by atoms with Crippen LogP contribution in [0.25, 0.3) is 5.69 Å². The van der Waals surface area contributed by atoms with E-state index in [0.29, 0.717) is 30.6 Å². The first-order chi connectivity index (χ1) is 16.0. The van der Waals surface area contributed by atoms with E-state index in [4.69, 9.17) is 5.10 Å². The Hall–Kier alpha value is -2.63. The molecule has 0 saturated heterocycles. The highest BCUT2D eigenvalue weighted by atomic mass is 16.2. The summed E-state index contributed by atoms with van der Waals surface area (Å²) in [6.45, 7) is 13.2. The number of amides is 2. The van der Waals surface area contributed by atoms with Gasteiger partial charge in [-0.2, -0.15) is 5.10 Å². The van der Waals surface area contributed by atoms with Crippen molar-refractivity contribution < 1.29 is 9.59 Å². The molecule has 34 heavy (non-hydrogen) atoms. The highest BCUT2D eigenvalue weighted by molar-refractivity contribution is 5.94. The second-order valence-electron chi connectivity index (χ2n) is 11.3. The van der Waals surface area contributed by atoms with Crippen LogP contribution in [0.2, 0.25) is 0 Å². The molecule has 6 nitrogen and oxygen atoms in total. The molecule has 186 valence electrons. The fourth-order valence-corrected chi connectivity index (χ4v) is 4.56. The van der Waals surface area contributed by atoms with Crippen LogP contribution in [0.4, 0.5) is 5.82 Å². The van der Waals surface area contributed by atoms with E-state index in [1.54, 1.807) is 9.58 Å². The van der Waals surface area contributed by atoms with E-state index in [2.05, 4.69) is 39.9 Å². The lowest BCUT2D eigenvalue weighted by atomic mass is 9.92. The molecule has 6 heteroatoms. The van der Waals surface area contributed by atoms with Crippen LogP contribution in [-0.2, 0) is 15.0 Å². The van der Waals surface area contributed by atoms with Crippen LogP contribution in [0.3, 0.4) is 0 Å².